The lowest BCUT2D eigenvalue weighted by Crippen LogP contribution is -2.28. The smallest absolute Gasteiger partial charge is 0.307 e. The van der Waals surface area contributed by atoms with Crippen molar-refractivity contribution in [3.63, 3.8) is 0 Å². The van der Waals surface area contributed by atoms with Gasteiger partial charge in [0.15, 0.2) is 0 Å². The molecule has 0 aromatic heterocycles. The van der Waals surface area contributed by atoms with Crippen LogP contribution in [0.2, 0.25) is 0 Å². The van der Waals surface area contributed by atoms with Crippen LogP contribution in [-0.4, -0.2) is 55.4 Å². The molecule has 1 aliphatic rings. The third-order valence-corrected chi connectivity index (χ3v) is 5.48. The van der Waals surface area contributed by atoms with Crippen LogP contribution in [-0.2, 0) is 9.53 Å². The molecule has 7 nitrogen and oxygen atoms in total. The minimum Gasteiger partial charge on any atom is -0.466 e. The monoisotopic (exact) mass is 458 g/mol. The molecular weight excluding hydrogens is 428 g/mol. The maximum Gasteiger partial charge on any atom is 0.307 e. The van der Waals surface area contributed by atoms with E-state index in [0.717, 1.165) is 16.8 Å². The second-order valence-corrected chi connectivity index (χ2v) is 7.95. The van der Waals surface area contributed by atoms with Gasteiger partial charge in [-0.3, -0.25) is 15.0 Å². The maximum absolute atomic E-state index is 12.7. The largest absolute Gasteiger partial charge is 0.466 e. The Bertz CT molecular complexity index is 1150. The first-order valence-corrected chi connectivity index (χ1v) is 11.3. The summed E-state index contributed by atoms with van der Waals surface area (Å²) in [5, 5.41) is 7.70. The molecule has 34 heavy (non-hydrogen) atoms. The van der Waals surface area contributed by atoms with Crippen LogP contribution >= 0.6 is 0 Å². The highest BCUT2D eigenvalue weighted by Gasteiger charge is 2.18. The molecule has 0 bridgehead atoms. The molecule has 2 aromatic rings. The van der Waals surface area contributed by atoms with Gasteiger partial charge in [-0.25, -0.2) is 0 Å². The average molecular weight is 459 g/mol. The number of nitrogens with zero attached hydrogens (tertiary/aromatic N) is 2. The molecule has 0 aliphatic carbocycles. The van der Waals surface area contributed by atoms with Crippen molar-refractivity contribution in [2.24, 2.45) is 5.73 Å². The number of aryl methyl sites for hydroxylation is 1. The number of anilines is 1. The second kappa shape index (κ2) is 11.7. The number of hydrogen-bond donors (Lipinski definition) is 2. The fourth-order valence-corrected chi connectivity index (χ4v) is 3.66. The molecule has 0 saturated carbocycles. The van der Waals surface area contributed by atoms with Gasteiger partial charge in [0.25, 0.3) is 5.91 Å². The van der Waals surface area contributed by atoms with Crippen LogP contribution in [0.4, 0.5) is 5.69 Å². The number of amidine groups is 1. The summed E-state index contributed by atoms with van der Waals surface area (Å²) in [6.07, 6.45) is 4.21. The molecule has 176 valence electrons. The molecule has 0 saturated heterocycles. The molecule has 0 spiro atoms. The van der Waals surface area contributed by atoms with Crippen LogP contribution in [0.1, 0.15) is 40.4 Å². The number of amides is 1. The fourth-order valence-electron chi connectivity index (χ4n) is 3.66. The van der Waals surface area contributed by atoms with Crippen molar-refractivity contribution in [2.45, 2.75) is 20.3 Å². The summed E-state index contributed by atoms with van der Waals surface area (Å²) in [6.45, 7) is 6.12. The molecule has 0 atom stereocenters. The first kappa shape index (κ1) is 24.6. The quantitative estimate of drug-likeness (QED) is 0.208. The van der Waals surface area contributed by atoms with E-state index in [1.54, 1.807) is 17.9 Å². The van der Waals surface area contributed by atoms with E-state index >= 15 is 0 Å². The lowest BCUT2D eigenvalue weighted by atomic mass is 10.0. The number of ether oxygens (including phenoxy) is 1. The van der Waals surface area contributed by atoms with Crippen LogP contribution in [0.25, 0.3) is 0 Å². The number of nitrogen functional groups attached to an aromatic ring is 1. The van der Waals surface area contributed by atoms with Gasteiger partial charge < -0.3 is 20.3 Å². The minimum absolute atomic E-state index is 0.0203. The molecule has 7 heteroatoms. The highest BCUT2D eigenvalue weighted by Crippen LogP contribution is 2.17. The molecule has 3 N–H and O–H groups in total. The molecule has 3 rings (SSSR count). The highest BCUT2D eigenvalue weighted by molar-refractivity contribution is 5.96. The van der Waals surface area contributed by atoms with Gasteiger partial charge in [0, 0.05) is 42.0 Å². The van der Waals surface area contributed by atoms with Crippen molar-refractivity contribution in [3.05, 3.63) is 76.9 Å². The van der Waals surface area contributed by atoms with Gasteiger partial charge in [-0.1, -0.05) is 36.1 Å². The summed E-state index contributed by atoms with van der Waals surface area (Å²) in [6, 6.07) is 12.9. The van der Waals surface area contributed by atoms with Crippen molar-refractivity contribution in [1.82, 2.24) is 4.90 Å². The Kier molecular flexibility index (Phi) is 8.47. The van der Waals surface area contributed by atoms with Crippen molar-refractivity contribution in [3.8, 4) is 11.8 Å². The lowest BCUT2D eigenvalue weighted by molar-refractivity contribution is -0.142. The molecule has 1 heterocycles. The Morgan fingerprint density at radius 2 is 1.94 bits per heavy atom. The number of nitrogens with one attached hydrogen (secondary N) is 1. The van der Waals surface area contributed by atoms with Gasteiger partial charge in [-0.2, -0.15) is 0 Å². The SMILES string of the molecule is CCOC(=O)CCN(CC#Cc1ccc(C(=O)N2CC=CC2)c(C)c1)c1cccc(C(=N)N)c1. The average Bonchev–Trinajstić information content (AvgIpc) is 3.36. The van der Waals surface area contributed by atoms with E-state index < -0.39 is 0 Å². The zero-order valence-electron chi connectivity index (χ0n) is 19.6. The van der Waals surface area contributed by atoms with E-state index in [1.165, 1.54) is 0 Å². The van der Waals surface area contributed by atoms with Gasteiger partial charge in [-0.15, -0.1) is 0 Å². The zero-order chi connectivity index (χ0) is 24.5. The summed E-state index contributed by atoms with van der Waals surface area (Å²) >= 11 is 0. The number of carbonyl (C=O) groups is 2. The van der Waals surface area contributed by atoms with Gasteiger partial charge in [0.1, 0.15) is 5.84 Å². The van der Waals surface area contributed by atoms with E-state index in [0.29, 0.717) is 43.9 Å². The van der Waals surface area contributed by atoms with E-state index in [1.807, 2.05) is 60.4 Å². The number of carbonyl (C=O) groups excluding carboxylic acids is 2. The summed E-state index contributed by atoms with van der Waals surface area (Å²) in [7, 11) is 0. The summed E-state index contributed by atoms with van der Waals surface area (Å²) < 4.78 is 5.05. The van der Waals surface area contributed by atoms with Crippen molar-refractivity contribution >= 4 is 23.4 Å². The van der Waals surface area contributed by atoms with Crippen LogP contribution < -0.4 is 10.6 Å². The molecule has 1 amide bonds. The minimum atomic E-state index is -0.271. The normalized spacial score (nSPS) is 12.1. The van der Waals surface area contributed by atoms with Crippen LogP contribution in [0.15, 0.2) is 54.6 Å². The fraction of sp³-hybridized carbons (Fsp3) is 0.296. The molecule has 0 fully saturated rings. The van der Waals surface area contributed by atoms with E-state index in [-0.39, 0.29) is 24.1 Å². The van der Waals surface area contributed by atoms with E-state index in [9.17, 15) is 9.59 Å². The van der Waals surface area contributed by atoms with Crippen molar-refractivity contribution in [2.75, 3.05) is 37.7 Å². The van der Waals surface area contributed by atoms with E-state index in [4.69, 9.17) is 15.9 Å². The van der Waals surface area contributed by atoms with Gasteiger partial charge in [0.2, 0.25) is 0 Å². The van der Waals surface area contributed by atoms with Gasteiger partial charge in [-0.05, 0) is 49.7 Å². The predicted octanol–water partition coefficient (Wildman–Crippen LogP) is 3.10. The molecule has 1 aliphatic heterocycles. The van der Waals surface area contributed by atoms with Crippen molar-refractivity contribution < 1.29 is 14.3 Å². The van der Waals surface area contributed by atoms with Crippen molar-refractivity contribution in [1.29, 1.82) is 5.41 Å². The van der Waals surface area contributed by atoms with Crippen LogP contribution in [0.3, 0.4) is 0 Å². The van der Waals surface area contributed by atoms with Crippen LogP contribution in [0, 0.1) is 24.2 Å². The molecule has 2 aromatic carbocycles. The number of benzene rings is 2. The number of rotatable bonds is 8. The van der Waals surface area contributed by atoms with Gasteiger partial charge >= 0.3 is 5.97 Å². The third kappa shape index (κ3) is 6.48. The molecular formula is C27H30N4O3. The Labute approximate surface area is 200 Å². The first-order chi connectivity index (χ1) is 16.4. The third-order valence-electron chi connectivity index (χ3n) is 5.48. The van der Waals surface area contributed by atoms with Crippen LogP contribution in [0.5, 0.6) is 0 Å². The lowest BCUT2D eigenvalue weighted by Gasteiger charge is -2.22. The summed E-state index contributed by atoms with van der Waals surface area (Å²) in [4.78, 5) is 28.3. The Hall–Kier alpha value is -4.05. The predicted molar refractivity (Wildman–Crippen MR) is 134 cm³/mol. The Balaban J connectivity index is 1.74. The summed E-state index contributed by atoms with van der Waals surface area (Å²) in [5.74, 6) is 6.06. The number of hydrogen-bond acceptors (Lipinski definition) is 5. The number of esters is 1. The highest BCUT2D eigenvalue weighted by atomic mass is 16.5. The Morgan fingerprint density at radius 1 is 1.18 bits per heavy atom. The molecule has 0 unspecified atom stereocenters. The maximum atomic E-state index is 12.7. The summed E-state index contributed by atoms with van der Waals surface area (Å²) in [5.41, 5.74) is 9.46. The Morgan fingerprint density at radius 3 is 2.62 bits per heavy atom. The second-order valence-electron chi connectivity index (χ2n) is 7.95. The van der Waals surface area contributed by atoms with E-state index in [2.05, 4.69) is 11.8 Å². The standard InChI is InChI=1S/C27H30N4O3/c1-3-34-25(32)13-17-30(23-10-6-9-22(19-23)26(28)29)16-7-8-21-11-12-24(20(2)18-21)27(33)31-14-4-5-15-31/h4-6,9-12,18-19H,3,13-17H2,1-2H3,(H3,28,29). The number of nitrogens with two attached hydrogens (primary N) is 1. The van der Waals surface area contributed by atoms with Gasteiger partial charge in [0.05, 0.1) is 19.6 Å². The first-order valence-electron chi connectivity index (χ1n) is 11.3. The topological polar surface area (TPSA) is 99.7 Å². The zero-order valence-corrected chi connectivity index (χ0v) is 19.6. The molecule has 0 radical (unpaired) electrons.